The van der Waals surface area contributed by atoms with Gasteiger partial charge in [0.1, 0.15) is 5.58 Å². The first-order chi connectivity index (χ1) is 13.2. The van der Waals surface area contributed by atoms with Crippen LogP contribution in [-0.4, -0.2) is 5.91 Å². The van der Waals surface area contributed by atoms with E-state index in [-0.39, 0.29) is 11.7 Å². The van der Waals surface area contributed by atoms with Gasteiger partial charge in [-0.15, -0.1) is 0 Å². The molecule has 0 bridgehead atoms. The highest BCUT2D eigenvalue weighted by molar-refractivity contribution is 6.31. The Morgan fingerprint density at radius 1 is 0.889 bits per heavy atom. The number of carbonyl (C=O) groups is 1. The molecule has 0 unspecified atom stereocenters. The molecule has 0 aliphatic carbocycles. The van der Waals surface area contributed by atoms with Gasteiger partial charge < -0.3 is 15.1 Å². The maximum absolute atomic E-state index is 12.8. The molecule has 0 saturated carbocycles. The van der Waals surface area contributed by atoms with Gasteiger partial charge in [0.15, 0.2) is 0 Å². The first-order valence-electron chi connectivity index (χ1n) is 8.57. The summed E-state index contributed by atoms with van der Waals surface area (Å²) in [7, 11) is 0. The second-order valence-electron chi connectivity index (χ2n) is 6.07. The van der Waals surface area contributed by atoms with Crippen LogP contribution in [0.2, 0.25) is 5.02 Å². The van der Waals surface area contributed by atoms with Crippen LogP contribution in [0.3, 0.4) is 0 Å². The Labute approximate surface area is 161 Å². The fourth-order valence-corrected chi connectivity index (χ4v) is 3.12. The number of halogens is 1. The Kier molecular flexibility index (Phi) is 4.81. The highest BCUT2D eigenvalue weighted by atomic mass is 35.5. The lowest BCUT2D eigenvalue weighted by molar-refractivity contribution is 0.0999. The third kappa shape index (κ3) is 3.66. The van der Waals surface area contributed by atoms with Gasteiger partial charge in [-0.2, -0.15) is 0 Å². The van der Waals surface area contributed by atoms with E-state index in [4.69, 9.17) is 16.0 Å². The number of furan rings is 1. The van der Waals surface area contributed by atoms with Gasteiger partial charge in [-0.05, 0) is 35.9 Å². The molecular weight excluding hydrogens is 360 g/mol. The SMILES string of the molecule is O=C(Nc1ccccc1)c1oc2ccccc2c1NCc1ccccc1Cl. The molecule has 0 saturated heterocycles. The van der Waals surface area contributed by atoms with E-state index in [1.54, 1.807) is 0 Å². The number of carbonyl (C=O) groups excluding carboxylic acids is 1. The van der Waals surface area contributed by atoms with Crippen molar-refractivity contribution in [2.24, 2.45) is 0 Å². The topological polar surface area (TPSA) is 54.3 Å². The number of nitrogens with one attached hydrogen (secondary N) is 2. The van der Waals surface area contributed by atoms with Crippen LogP contribution in [-0.2, 0) is 6.54 Å². The van der Waals surface area contributed by atoms with Crippen molar-refractivity contribution in [3.63, 3.8) is 0 Å². The fraction of sp³-hybridized carbons (Fsp3) is 0.0455. The van der Waals surface area contributed by atoms with Crippen molar-refractivity contribution in [2.45, 2.75) is 6.54 Å². The number of hydrogen-bond acceptors (Lipinski definition) is 3. The van der Waals surface area contributed by atoms with Crippen molar-refractivity contribution in [2.75, 3.05) is 10.6 Å². The summed E-state index contributed by atoms with van der Waals surface area (Å²) in [6.07, 6.45) is 0. The van der Waals surface area contributed by atoms with Gasteiger partial charge in [0, 0.05) is 22.6 Å². The van der Waals surface area contributed by atoms with Crippen molar-refractivity contribution >= 4 is 39.9 Å². The second-order valence-corrected chi connectivity index (χ2v) is 6.47. The Morgan fingerprint density at radius 2 is 1.59 bits per heavy atom. The summed E-state index contributed by atoms with van der Waals surface area (Å²) in [4.78, 5) is 12.8. The molecule has 1 heterocycles. The third-order valence-electron chi connectivity index (χ3n) is 4.25. The lowest BCUT2D eigenvalue weighted by Gasteiger charge is -2.09. The lowest BCUT2D eigenvalue weighted by Crippen LogP contribution is -2.13. The number of amides is 1. The van der Waals surface area contributed by atoms with E-state index in [1.807, 2.05) is 78.9 Å². The fourth-order valence-electron chi connectivity index (χ4n) is 2.92. The highest BCUT2D eigenvalue weighted by Gasteiger charge is 2.20. The standard InChI is InChI=1S/C22H17ClN2O2/c23-18-12-6-4-8-15(18)14-24-20-17-11-5-7-13-19(17)27-21(20)22(26)25-16-9-2-1-3-10-16/h1-13,24H,14H2,(H,25,26). The Hall–Kier alpha value is -3.24. The van der Waals surface area contributed by atoms with Crippen molar-refractivity contribution in [3.05, 3.63) is 95.2 Å². The first kappa shape index (κ1) is 17.2. The van der Waals surface area contributed by atoms with Gasteiger partial charge in [-0.1, -0.05) is 60.1 Å². The van der Waals surface area contributed by atoms with Gasteiger partial charge in [0.25, 0.3) is 5.91 Å². The highest BCUT2D eigenvalue weighted by Crippen LogP contribution is 2.32. The molecule has 5 heteroatoms. The zero-order valence-electron chi connectivity index (χ0n) is 14.4. The molecule has 0 radical (unpaired) electrons. The molecule has 2 N–H and O–H groups in total. The number of hydrogen-bond donors (Lipinski definition) is 2. The Balaban J connectivity index is 1.67. The molecule has 4 aromatic rings. The predicted octanol–water partition coefficient (Wildman–Crippen LogP) is 5.95. The monoisotopic (exact) mass is 376 g/mol. The normalized spacial score (nSPS) is 10.7. The quantitative estimate of drug-likeness (QED) is 0.452. The van der Waals surface area contributed by atoms with Crippen LogP contribution in [0.25, 0.3) is 11.0 Å². The first-order valence-corrected chi connectivity index (χ1v) is 8.95. The summed E-state index contributed by atoms with van der Waals surface area (Å²) in [6.45, 7) is 0.481. The van der Waals surface area contributed by atoms with Gasteiger partial charge >= 0.3 is 0 Å². The molecule has 27 heavy (non-hydrogen) atoms. The summed E-state index contributed by atoms with van der Waals surface area (Å²) < 4.78 is 5.84. The summed E-state index contributed by atoms with van der Waals surface area (Å²) >= 11 is 6.25. The predicted molar refractivity (Wildman–Crippen MR) is 109 cm³/mol. The average Bonchev–Trinajstić information content (AvgIpc) is 3.07. The molecule has 134 valence electrons. The summed E-state index contributed by atoms with van der Waals surface area (Å²) in [6, 6.07) is 24.5. The minimum atomic E-state index is -0.306. The van der Waals surface area contributed by atoms with Crippen LogP contribution in [0.1, 0.15) is 16.1 Å². The van der Waals surface area contributed by atoms with Crippen molar-refractivity contribution in [1.82, 2.24) is 0 Å². The lowest BCUT2D eigenvalue weighted by atomic mass is 10.2. The molecule has 1 aromatic heterocycles. The van der Waals surface area contributed by atoms with Crippen molar-refractivity contribution < 1.29 is 9.21 Å². The van der Waals surface area contributed by atoms with Crippen molar-refractivity contribution in [1.29, 1.82) is 0 Å². The van der Waals surface area contributed by atoms with Crippen LogP contribution in [0.5, 0.6) is 0 Å². The molecule has 0 fully saturated rings. The number of rotatable bonds is 5. The summed E-state index contributed by atoms with van der Waals surface area (Å²) in [5.41, 5.74) is 2.95. The van der Waals surface area contributed by atoms with E-state index in [1.165, 1.54) is 0 Å². The number of para-hydroxylation sites is 2. The van der Waals surface area contributed by atoms with Crippen LogP contribution in [0.4, 0.5) is 11.4 Å². The van der Waals surface area contributed by atoms with E-state index >= 15 is 0 Å². The zero-order chi connectivity index (χ0) is 18.6. The van der Waals surface area contributed by atoms with Crippen LogP contribution >= 0.6 is 11.6 Å². The van der Waals surface area contributed by atoms with Crippen LogP contribution < -0.4 is 10.6 Å². The largest absolute Gasteiger partial charge is 0.449 e. The molecule has 3 aromatic carbocycles. The molecule has 4 rings (SSSR count). The maximum atomic E-state index is 12.8. The molecule has 4 nitrogen and oxygen atoms in total. The summed E-state index contributed by atoms with van der Waals surface area (Å²) in [5, 5.41) is 7.72. The molecule has 0 aliphatic rings. The van der Waals surface area contributed by atoms with Gasteiger partial charge in [0.2, 0.25) is 5.76 Å². The Morgan fingerprint density at radius 3 is 2.41 bits per heavy atom. The molecule has 1 amide bonds. The van der Waals surface area contributed by atoms with Gasteiger partial charge in [-0.3, -0.25) is 4.79 Å². The molecule has 0 atom stereocenters. The minimum Gasteiger partial charge on any atom is -0.449 e. The van der Waals surface area contributed by atoms with E-state index < -0.39 is 0 Å². The van der Waals surface area contributed by atoms with E-state index in [2.05, 4.69) is 10.6 Å². The summed E-state index contributed by atoms with van der Waals surface area (Å²) in [5.74, 6) is -0.0637. The number of benzene rings is 3. The van der Waals surface area contributed by atoms with E-state index in [0.29, 0.717) is 28.5 Å². The van der Waals surface area contributed by atoms with Gasteiger partial charge in [-0.25, -0.2) is 0 Å². The number of anilines is 2. The second kappa shape index (κ2) is 7.56. The Bertz CT molecular complexity index is 1090. The van der Waals surface area contributed by atoms with E-state index in [9.17, 15) is 4.79 Å². The molecule has 0 aliphatic heterocycles. The van der Waals surface area contributed by atoms with Crippen molar-refractivity contribution in [3.8, 4) is 0 Å². The van der Waals surface area contributed by atoms with Crippen LogP contribution in [0, 0.1) is 0 Å². The average molecular weight is 377 g/mol. The van der Waals surface area contributed by atoms with Crippen LogP contribution in [0.15, 0.2) is 83.3 Å². The third-order valence-corrected chi connectivity index (χ3v) is 4.62. The smallest absolute Gasteiger partial charge is 0.293 e. The number of fused-ring (bicyclic) bond motifs is 1. The van der Waals surface area contributed by atoms with Gasteiger partial charge in [0.05, 0.1) is 5.69 Å². The zero-order valence-corrected chi connectivity index (χ0v) is 15.2. The van der Waals surface area contributed by atoms with E-state index in [0.717, 1.165) is 10.9 Å². The molecule has 0 spiro atoms. The molecular formula is C22H17ClN2O2. The minimum absolute atomic E-state index is 0.243. The maximum Gasteiger partial charge on any atom is 0.293 e.